The van der Waals surface area contributed by atoms with Gasteiger partial charge in [0.25, 0.3) is 0 Å². The minimum atomic E-state index is -3.65. The standard InChI is InChI=1S/C15H22BrNO.C11H10Cl2F2N4O3S/c1-14(2,3)12(16)13(18)17-15(4,5)11-9-7-6-8-10-11;1-5-16-19(11(20)18(5)10(14)15)9-4-8(17-23(2,21)22)6(12)3-7(9)13/h6-10,12H,1-5H3,(H,17,18);3-4,10,17H,1-2H3. The van der Waals surface area contributed by atoms with Crippen molar-refractivity contribution in [1.29, 1.82) is 0 Å². The van der Waals surface area contributed by atoms with Crippen LogP contribution in [0.2, 0.25) is 10.0 Å². The van der Waals surface area contributed by atoms with Crippen LogP contribution in [0.25, 0.3) is 5.69 Å². The predicted molar refractivity (Wildman–Crippen MR) is 162 cm³/mol. The fourth-order valence-corrected chi connectivity index (χ4v) is 4.78. The molecule has 0 fully saturated rings. The first-order valence-electron chi connectivity index (χ1n) is 12.1. The average molecular weight is 699 g/mol. The predicted octanol–water partition coefficient (Wildman–Crippen LogP) is 6.26. The van der Waals surface area contributed by atoms with Crippen molar-refractivity contribution < 1.29 is 22.0 Å². The van der Waals surface area contributed by atoms with Gasteiger partial charge in [-0.1, -0.05) is 90.2 Å². The van der Waals surface area contributed by atoms with Gasteiger partial charge in [-0.3, -0.25) is 9.52 Å². The number of aryl methyl sites for hydroxylation is 1. The minimum absolute atomic E-state index is 0.0244. The summed E-state index contributed by atoms with van der Waals surface area (Å²) in [5.41, 5.74) is -0.634. The summed E-state index contributed by atoms with van der Waals surface area (Å²) < 4.78 is 51.3. The molecule has 3 rings (SSSR count). The van der Waals surface area contributed by atoms with Gasteiger partial charge in [0.1, 0.15) is 5.82 Å². The number of halogens is 5. The monoisotopic (exact) mass is 697 g/mol. The molecule has 1 unspecified atom stereocenters. The van der Waals surface area contributed by atoms with Crippen LogP contribution in [0.3, 0.4) is 0 Å². The maximum Gasteiger partial charge on any atom is 0.355 e. The number of sulfonamides is 1. The van der Waals surface area contributed by atoms with E-state index in [1.807, 2.05) is 65.0 Å². The molecule has 3 aromatic rings. The number of anilines is 1. The molecule has 0 aliphatic rings. The molecule has 9 nitrogen and oxygen atoms in total. The minimum Gasteiger partial charge on any atom is -0.346 e. The molecule has 15 heteroatoms. The van der Waals surface area contributed by atoms with Crippen LogP contribution in [-0.4, -0.2) is 39.8 Å². The summed E-state index contributed by atoms with van der Waals surface area (Å²) in [7, 11) is -3.65. The Labute approximate surface area is 256 Å². The van der Waals surface area contributed by atoms with Gasteiger partial charge in [-0.2, -0.15) is 13.5 Å². The third-order valence-electron chi connectivity index (χ3n) is 5.66. The zero-order valence-electron chi connectivity index (χ0n) is 23.5. The highest BCUT2D eigenvalue weighted by Crippen LogP contribution is 2.32. The van der Waals surface area contributed by atoms with Gasteiger partial charge in [-0.05, 0) is 43.9 Å². The van der Waals surface area contributed by atoms with Crippen molar-refractivity contribution in [3.05, 3.63) is 74.4 Å². The maximum atomic E-state index is 12.8. The Balaban J connectivity index is 0.000000296. The number of nitrogens with zero attached hydrogens (tertiary/aromatic N) is 3. The molecule has 2 aromatic carbocycles. The molecule has 1 amide bonds. The van der Waals surface area contributed by atoms with Gasteiger partial charge < -0.3 is 5.32 Å². The van der Waals surface area contributed by atoms with Gasteiger partial charge >= 0.3 is 12.2 Å². The van der Waals surface area contributed by atoms with Crippen molar-refractivity contribution in [2.24, 2.45) is 5.41 Å². The van der Waals surface area contributed by atoms with E-state index in [0.29, 0.717) is 4.68 Å². The number of carbonyl (C=O) groups excluding carboxylic acids is 1. The van der Waals surface area contributed by atoms with E-state index < -0.39 is 22.3 Å². The third kappa shape index (κ3) is 9.25. The van der Waals surface area contributed by atoms with Crippen molar-refractivity contribution in [3.63, 3.8) is 0 Å². The lowest BCUT2D eigenvalue weighted by Crippen LogP contribution is -2.47. The fraction of sp³-hybridized carbons (Fsp3) is 0.423. The summed E-state index contributed by atoms with van der Waals surface area (Å²) >= 11 is 15.3. The van der Waals surface area contributed by atoms with E-state index in [0.717, 1.165) is 17.9 Å². The molecule has 0 spiro atoms. The summed E-state index contributed by atoms with van der Waals surface area (Å²) in [4.78, 5) is 24.0. The highest BCUT2D eigenvalue weighted by molar-refractivity contribution is 9.10. The fourth-order valence-electron chi connectivity index (χ4n) is 3.53. The van der Waals surface area contributed by atoms with Gasteiger partial charge in [-0.25, -0.2) is 17.8 Å². The number of alkyl halides is 3. The number of amides is 1. The summed E-state index contributed by atoms with van der Waals surface area (Å²) in [6.45, 7) is 8.32. The Morgan fingerprint density at radius 1 is 1.05 bits per heavy atom. The van der Waals surface area contributed by atoms with E-state index in [9.17, 15) is 26.8 Å². The molecule has 0 aliphatic heterocycles. The summed E-state index contributed by atoms with van der Waals surface area (Å²) in [6, 6.07) is 12.3. The number of hydrogen-bond donors (Lipinski definition) is 2. The molecule has 0 radical (unpaired) electrons. The molecule has 226 valence electrons. The molecule has 1 atom stereocenters. The van der Waals surface area contributed by atoms with Gasteiger partial charge in [0.2, 0.25) is 15.9 Å². The number of nitrogens with one attached hydrogen (secondary N) is 2. The van der Waals surface area contributed by atoms with E-state index >= 15 is 0 Å². The SMILES string of the molecule is CC(C)(NC(=O)C(Br)C(C)(C)C)c1ccccc1.Cc1nn(-c2cc(NS(C)(=O)=O)c(Cl)cc2Cl)c(=O)n1C(F)F. The number of carbonyl (C=O) groups is 1. The molecule has 0 saturated carbocycles. The van der Waals surface area contributed by atoms with Gasteiger partial charge in [-0.15, -0.1) is 5.10 Å². The Hall–Kier alpha value is -2.48. The molecule has 2 N–H and O–H groups in total. The first-order chi connectivity index (χ1) is 18.7. The van der Waals surface area contributed by atoms with E-state index in [-0.39, 0.29) is 53.5 Å². The van der Waals surface area contributed by atoms with Crippen molar-refractivity contribution in [2.45, 2.75) is 58.5 Å². The molecular weight excluding hydrogens is 667 g/mol. The van der Waals surface area contributed by atoms with Crippen molar-refractivity contribution in [1.82, 2.24) is 19.7 Å². The summed E-state index contributed by atoms with van der Waals surface area (Å²) in [5, 5.41) is 6.72. The van der Waals surface area contributed by atoms with Crippen LogP contribution in [0.15, 0.2) is 47.3 Å². The normalized spacial score (nSPS) is 12.9. The van der Waals surface area contributed by atoms with Gasteiger partial charge in [0, 0.05) is 0 Å². The number of benzene rings is 2. The van der Waals surface area contributed by atoms with Crippen molar-refractivity contribution in [3.8, 4) is 5.69 Å². The van der Waals surface area contributed by atoms with Crippen LogP contribution >= 0.6 is 39.1 Å². The highest BCUT2D eigenvalue weighted by atomic mass is 79.9. The zero-order chi connectivity index (χ0) is 31.5. The Morgan fingerprint density at radius 2 is 1.61 bits per heavy atom. The van der Waals surface area contributed by atoms with E-state index in [4.69, 9.17) is 23.2 Å². The number of aromatic nitrogens is 3. The average Bonchev–Trinajstić information content (AvgIpc) is 3.13. The molecule has 0 bridgehead atoms. The lowest BCUT2D eigenvalue weighted by molar-refractivity contribution is -0.123. The quantitative estimate of drug-likeness (QED) is 0.283. The summed E-state index contributed by atoms with van der Waals surface area (Å²) in [6.07, 6.45) is 0.902. The van der Waals surface area contributed by atoms with E-state index in [2.05, 4.69) is 31.1 Å². The van der Waals surface area contributed by atoms with Crippen LogP contribution in [0.4, 0.5) is 14.5 Å². The molecule has 1 heterocycles. The second-order valence-corrected chi connectivity index (χ2v) is 14.2. The van der Waals surface area contributed by atoms with E-state index in [1.54, 1.807) is 0 Å². The van der Waals surface area contributed by atoms with Gasteiger partial charge in [0.05, 0.1) is 38.0 Å². The highest BCUT2D eigenvalue weighted by Gasteiger charge is 2.32. The van der Waals surface area contributed by atoms with Crippen molar-refractivity contribution >= 4 is 60.7 Å². The number of rotatable bonds is 7. The van der Waals surface area contributed by atoms with Crippen LogP contribution in [0.1, 0.15) is 52.6 Å². The Bertz CT molecular complexity index is 1560. The molecule has 1 aromatic heterocycles. The van der Waals surface area contributed by atoms with E-state index in [1.165, 1.54) is 13.0 Å². The molecule has 0 saturated heterocycles. The van der Waals surface area contributed by atoms with Crippen LogP contribution in [0.5, 0.6) is 0 Å². The zero-order valence-corrected chi connectivity index (χ0v) is 27.4. The second kappa shape index (κ2) is 13.2. The smallest absolute Gasteiger partial charge is 0.346 e. The Morgan fingerprint density at radius 3 is 2.07 bits per heavy atom. The van der Waals surface area contributed by atoms with Crippen molar-refractivity contribution in [2.75, 3.05) is 11.0 Å². The van der Waals surface area contributed by atoms with Crippen LogP contribution < -0.4 is 15.7 Å². The van der Waals surface area contributed by atoms with Gasteiger partial charge in [0.15, 0.2) is 0 Å². The molecular formula is C26H32BrCl2F2N5O4S. The van der Waals surface area contributed by atoms with Crippen LogP contribution in [-0.2, 0) is 20.4 Å². The second-order valence-electron chi connectivity index (χ2n) is 10.8. The van der Waals surface area contributed by atoms with Crippen LogP contribution in [0, 0.1) is 12.3 Å². The number of hydrogen-bond acceptors (Lipinski definition) is 5. The topological polar surface area (TPSA) is 115 Å². The molecule has 41 heavy (non-hydrogen) atoms. The first-order valence-corrected chi connectivity index (χ1v) is 15.7. The first kappa shape index (κ1) is 34.7. The summed E-state index contributed by atoms with van der Waals surface area (Å²) in [5.74, 6) is -0.204. The molecule has 0 aliphatic carbocycles. The lowest BCUT2D eigenvalue weighted by atomic mass is 9.89. The lowest BCUT2D eigenvalue weighted by Gasteiger charge is -2.31. The maximum absolute atomic E-state index is 12.8. The largest absolute Gasteiger partial charge is 0.355 e. The third-order valence-corrected chi connectivity index (χ3v) is 8.65. The Kier molecular flexibility index (Phi) is 11.2.